The van der Waals surface area contributed by atoms with Gasteiger partial charge in [-0.05, 0) is 12.8 Å². The van der Waals surface area contributed by atoms with Crippen molar-refractivity contribution in [3.8, 4) is 0 Å². The van der Waals surface area contributed by atoms with Gasteiger partial charge in [0.15, 0.2) is 5.65 Å². The van der Waals surface area contributed by atoms with Gasteiger partial charge in [-0.1, -0.05) is 32.0 Å². The molecular formula is C12H19N5S. The molecule has 2 aromatic rings. The van der Waals surface area contributed by atoms with Crippen molar-refractivity contribution in [3.05, 3.63) is 12.7 Å². The third-order valence-corrected chi connectivity index (χ3v) is 4.47. The van der Waals surface area contributed by atoms with E-state index in [1.165, 1.54) is 0 Å². The molecule has 6 heteroatoms. The molecule has 98 valence electrons. The molecule has 2 heterocycles. The Bertz CT molecular complexity index is 498. The van der Waals surface area contributed by atoms with Gasteiger partial charge in [-0.3, -0.25) is 0 Å². The van der Waals surface area contributed by atoms with E-state index in [1.807, 2.05) is 0 Å². The van der Waals surface area contributed by atoms with Crippen LogP contribution in [-0.2, 0) is 0 Å². The van der Waals surface area contributed by atoms with Crippen LogP contribution in [0.25, 0.3) is 11.2 Å². The number of nitrogens with one attached hydrogen (secondary N) is 1. The Balaban J connectivity index is 2.18. The first-order chi connectivity index (χ1) is 8.76. The van der Waals surface area contributed by atoms with Crippen LogP contribution in [-0.4, -0.2) is 31.2 Å². The second kappa shape index (κ2) is 6.15. The zero-order valence-electron chi connectivity index (χ0n) is 10.8. The van der Waals surface area contributed by atoms with Gasteiger partial charge >= 0.3 is 0 Å². The van der Waals surface area contributed by atoms with Crippen molar-refractivity contribution >= 4 is 22.9 Å². The predicted molar refractivity (Wildman–Crippen MR) is 74.5 cm³/mol. The van der Waals surface area contributed by atoms with Crippen molar-refractivity contribution in [2.45, 2.75) is 49.4 Å². The molecule has 2 atom stereocenters. The fourth-order valence-electron chi connectivity index (χ4n) is 1.97. The van der Waals surface area contributed by atoms with E-state index >= 15 is 0 Å². The van der Waals surface area contributed by atoms with Gasteiger partial charge in [0, 0.05) is 11.3 Å². The minimum atomic E-state index is 0.206. The molecule has 2 unspecified atom stereocenters. The largest absolute Gasteiger partial charge is 0.341 e. The number of fused-ring (bicyclic) bond motifs is 1. The van der Waals surface area contributed by atoms with E-state index in [-0.39, 0.29) is 6.04 Å². The normalized spacial score (nSPS) is 14.8. The second-order valence-corrected chi connectivity index (χ2v) is 5.52. The van der Waals surface area contributed by atoms with Gasteiger partial charge in [0.2, 0.25) is 0 Å². The summed E-state index contributed by atoms with van der Waals surface area (Å²) >= 11 is 1.72. The SMILES string of the molecule is CCCC(N)C(CC)Sc1ncnc2nc[nH]c12. The summed E-state index contributed by atoms with van der Waals surface area (Å²) in [5.41, 5.74) is 7.84. The fourth-order valence-corrected chi connectivity index (χ4v) is 3.11. The van der Waals surface area contributed by atoms with Gasteiger partial charge in [-0.25, -0.2) is 15.0 Å². The Morgan fingerprint density at radius 2 is 2.17 bits per heavy atom. The number of hydrogen-bond acceptors (Lipinski definition) is 5. The summed E-state index contributed by atoms with van der Waals surface area (Å²) in [5, 5.41) is 1.32. The van der Waals surface area contributed by atoms with Crippen LogP contribution in [0.2, 0.25) is 0 Å². The summed E-state index contributed by atoms with van der Waals surface area (Å²) in [4.78, 5) is 15.7. The number of aromatic nitrogens is 4. The van der Waals surface area contributed by atoms with Crippen LogP contribution in [0.5, 0.6) is 0 Å². The summed E-state index contributed by atoms with van der Waals surface area (Å²) in [7, 11) is 0. The lowest BCUT2D eigenvalue weighted by Gasteiger charge is -2.21. The number of rotatable bonds is 6. The third kappa shape index (κ3) is 2.81. The van der Waals surface area contributed by atoms with E-state index in [0.29, 0.717) is 10.9 Å². The maximum atomic E-state index is 6.22. The standard InChI is InChI=1S/C12H19N5S/c1-3-5-8(13)9(4-2)18-12-10-11(15-6-14-10)16-7-17-12/h6-9H,3-5,13H2,1-2H3,(H,14,15,16,17). The highest BCUT2D eigenvalue weighted by atomic mass is 32.2. The summed E-state index contributed by atoms with van der Waals surface area (Å²) in [6.07, 6.45) is 6.40. The minimum absolute atomic E-state index is 0.206. The number of hydrogen-bond donors (Lipinski definition) is 2. The Hall–Kier alpha value is -1.14. The molecule has 0 fully saturated rings. The van der Waals surface area contributed by atoms with Crippen LogP contribution >= 0.6 is 11.8 Å². The molecule has 2 aromatic heterocycles. The van der Waals surface area contributed by atoms with Crippen LogP contribution < -0.4 is 5.73 Å². The van der Waals surface area contributed by atoms with Gasteiger partial charge in [0.25, 0.3) is 0 Å². The number of H-pyrrole nitrogens is 1. The van der Waals surface area contributed by atoms with Crippen LogP contribution in [0, 0.1) is 0 Å². The highest BCUT2D eigenvalue weighted by molar-refractivity contribution is 8.00. The predicted octanol–water partition coefficient (Wildman–Crippen LogP) is 2.35. The number of thioether (sulfide) groups is 1. The van der Waals surface area contributed by atoms with Gasteiger partial charge in [0.05, 0.1) is 6.33 Å². The van der Waals surface area contributed by atoms with Gasteiger partial charge < -0.3 is 10.7 Å². The third-order valence-electron chi connectivity index (χ3n) is 2.95. The Morgan fingerprint density at radius 1 is 1.33 bits per heavy atom. The number of imidazole rings is 1. The van der Waals surface area contributed by atoms with Crippen molar-refractivity contribution < 1.29 is 0 Å². The van der Waals surface area contributed by atoms with Gasteiger partial charge in [-0.2, -0.15) is 0 Å². The van der Waals surface area contributed by atoms with E-state index < -0.39 is 0 Å². The minimum Gasteiger partial charge on any atom is -0.341 e. The molecule has 0 aromatic carbocycles. The van der Waals surface area contributed by atoms with Crippen molar-refractivity contribution in [1.29, 1.82) is 0 Å². The summed E-state index contributed by atoms with van der Waals surface area (Å²) in [6.45, 7) is 4.33. The molecule has 0 bridgehead atoms. The number of nitrogens with zero attached hydrogens (tertiary/aromatic N) is 3. The molecule has 0 saturated carbocycles. The number of nitrogens with two attached hydrogens (primary N) is 1. The first-order valence-electron chi connectivity index (χ1n) is 6.32. The lowest BCUT2D eigenvalue weighted by atomic mass is 10.1. The average Bonchev–Trinajstić information content (AvgIpc) is 2.85. The van der Waals surface area contributed by atoms with Crippen molar-refractivity contribution in [2.75, 3.05) is 0 Å². The van der Waals surface area contributed by atoms with Gasteiger partial charge in [0.1, 0.15) is 16.9 Å². The summed E-state index contributed by atoms with van der Waals surface area (Å²) < 4.78 is 0. The van der Waals surface area contributed by atoms with E-state index in [9.17, 15) is 0 Å². The maximum Gasteiger partial charge on any atom is 0.181 e. The maximum absolute atomic E-state index is 6.22. The molecule has 0 amide bonds. The summed E-state index contributed by atoms with van der Waals surface area (Å²) in [6, 6.07) is 0.206. The smallest absolute Gasteiger partial charge is 0.181 e. The zero-order valence-corrected chi connectivity index (χ0v) is 11.6. The van der Waals surface area contributed by atoms with E-state index in [0.717, 1.165) is 29.8 Å². The van der Waals surface area contributed by atoms with E-state index in [2.05, 4.69) is 33.8 Å². The zero-order chi connectivity index (χ0) is 13.0. The molecule has 0 saturated heterocycles. The van der Waals surface area contributed by atoms with Crippen molar-refractivity contribution in [2.24, 2.45) is 5.73 Å². The lowest BCUT2D eigenvalue weighted by Crippen LogP contribution is -2.31. The molecule has 0 aliphatic rings. The van der Waals surface area contributed by atoms with E-state index in [4.69, 9.17) is 5.73 Å². The lowest BCUT2D eigenvalue weighted by molar-refractivity contribution is 0.566. The summed E-state index contributed by atoms with van der Waals surface area (Å²) in [5.74, 6) is 0. The average molecular weight is 265 g/mol. The second-order valence-electron chi connectivity index (χ2n) is 4.30. The van der Waals surface area contributed by atoms with Gasteiger partial charge in [-0.15, -0.1) is 0 Å². The Kier molecular flexibility index (Phi) is 4.54. The molecule has 0 radical (unpaired) electrons. The van der Waals surface area contributed by atoms with Crippen molar-refractivity contribution in [1.82, 2.24) is 19.9 Å². The molecule has 0 aliphatic heterocycles. The van der Waals surface area contributed by atoms with Crippen LogP contribution in [0.15, 0.2) is 17.7 Å². The van der Waals surface area contributed by atoms with Crippen molar-refractivity contribution in [3.63, 3.8) is 0 Å². The highest BCUT2D eigenvalue weighted by Gasteiger charge is 2.19. The topological polar surface area (TPSA) is 80.5 Å². The molecule has 3 N–H and O–H groups in total. The highest BCUT2D eigenvalue weighted by Crippen LogP contribution is 2.30. The Morgan fingerprint density at radius 3 is 2.89 bits per heavy atom. The molecule has 2 rings (SSSR count). The van der Waals surface area contributed by atoms with Crippen LogP contribution in [0.3, 0.4) is 0 Å². The Labute approximate surface area is 111 Å². The quantitative estimate of drug-likeness (QED) is 0.619. The first kappa shape index (κ1) is 13.3. The van der Waals surface area contributed by atoms with E-state index in [1.54, 1.807) is 24.4 Å². The number of aromatic amines is 1. The molecule has 0 aliphatic carbocycles. The molecule has 18 heavy (non-hydrogen) atoms. The van der Waals surface area contributed by atoms with Crippen LogP contribution in [0.1, 0.15) is 33.1 Å². The molecule has 5 nitrogen and oxygen atoms in total. The van der Waals surface area contributed by atoms with Crippen LogP contribution in [0.4, 0.5) is 0 Å². The first-order valence-corrected chi connectivity index (χ1v) is 7.20. The molecule has 0 spiro atoms. The monoisotopic (exact) mass is 265 g/mol. The molecular weight excluding hydrogens is 246 g/mol. The fraction of sp³-hybridized carbons (Fsp3) is 0.583.